The van der Waals surface area contributed by atoms with Gasteiger partial charge >= 0.3 is 0 Å². The molecule has 1 atom stereocenters. The van der Waals surface area contributed by atoms with E-state index in [1.54, 1.807) is 0 Å². The zero-order chi connectivity index (χ0) is 9.23. The lowest BCUT2D eigenvalue weighted by Crippen LogP contribution is -2.27. The monoisotopic (exact) mass is 185 g/mol. The molecular weight excluding hydrogens is 166 g/mol. The first kappa shape index (κ1) is 11.9. The Morgan fingerprint density at radius 1 is 1.50 bits per heavy atom. The highest BCUT2D eigenvalue weighted by Crippen LogP contribution is 1.99. The van der Waals surface area contributed by atoms with Crippen LogP contribution in [0, 0.1) is 11.8 Å². The van der Waals surface area contributed by atoms with Crippen molar-refractivity contribution >= 4 is 11.8 Å². The molecule has 1 unspecified atom stereocenters. The molecule has 0 rings (SSSR count). The van der Waals surface area contributed by atoms with Gasteiger partial charge in [0.25, 0.3) is 0 Å². The molecule has 0 aromatic heterocycles. The Kier molecular flexibility index (Phi) is 8.86. The molecule has 0 heterocycles. The summed E-state index contributed by atoms with van der Waals surface area (Å²) in [5.41, 5.74) is 0. The Labute approximate surface area is 80.7 Å². The molecule has 0 saturated carbocycles. The van der Waals surface area contributed by atoms with Crippen LogP contribution in [-0.4, -0.2) is 24.6 Å². The fourth-order valence-electron chi connectivity index (χ4n) is 0.903. The molecule has 1 N–H and O–H groups in total. The summed E-state index contributed by atoms with van der Waals surface area (Å²) in [4.78, 5) is 0. The molecule has 0 aliphatic heterocycles. The van der Waals surface area contributed by atoms with Crippen LogP contribution in [0.5, 0.6) is 0 Å². The molecule has 0 spiro atoms. The fraction of sp³-hybridized carbons (Fsp3) is 0.800. The van der Waals surface area contributed by atoms with Gasteiger partial charge in [-0.2, -0.15) is 11.8 Å². The molecule has 0 aliphatic carbocycles. The van der Waals surface area contributed by atoms with Crippen molar-refractivity contribution in [2.45, 2.75) is 32.7 Å². The Morgan fingerprint density at radius 3 is 2.83 bits per heavy atom. The first-order valence-corrected chi connectivity index (χ1v) is 5.82. The second kappa shape index (κ2) is 8.96. The highest BCUT2D eigenvalue weighted by Gasteiger charge is 1.97. The van der Waals surface area contributed by atoms with Gasteiger partial charge in [0.15, 0.2) is 0 Å². The van der Waals surface area contributed by atoms with Crippen LogP contribution in [0.3, 0.4) is 0 Å². The van der Waals surface area contributed by atoms with Crippen molar-refractivity contribution in [3.8, 4) is 11.8 Å². The SMILES string of the molecule is CC#CCCNC(C)CCSC. The largest absolute Gasteiger partial charge is 0.313 e. The summed E-state index contributed by atoms with van der Waals surface area (Å²) in [7, 11) is 0. The Balaban J connectivity index is 3.17. The second-order valence-electron chi connectivity index (χ2n) is 2.81. The third-order valence-electron chi connectivity index (χ3n) is 1.67. The molecule has 70 valence electrons. The quantitative estimate of drug-likeness (QED) is 0.502. The van der Waals surface area contributed by atoms with Crippen LogP contribution in [0.15, 0.2) is 0 Å². The minimum Gasteiger partial charge on any atom is -0.313 e. The summed E-state index contributed by atoms with van der Waals surface area (Å²) in [6, 6.07) is 0.635. The average molecular weight is 185 g/mol. The third-order valence-corrected chi connectivity index (χ3v) is 2.32. The highest BCUT2D eigenvalue weighted by molar-refractivity contribution is 7.98. The summed E-state index contributed by atoms with van der Waals surface area (Å²) in [6.45, 7) is 5.14. The van der Waals surface area contributed by atoms with E-state index < -0.39 is 0 Å². The van der Waals surface area contributed by atoms with Gasteiger partial charge < -0.3 is 5.32 Å². The summed E-state index contributed by atoms with van der Waals surface area (Å²) < 4.78 is 0. The average Bonchev–Trinajstić information content (AvgIpc) is 2.09. The van der Waals surface area contributed by atoms with Crippen LogP contribution < -0.4 is 5.32 Å². The van der Waals surface area contributed by atoms with E-state index in [1.165, 1.54) is 12.2 Å². The molecular formula is C10H19NS. The van der Waals surface area contributed by atoms with Gasteiger partial charge in [-0.25, -0.2) is 0 Å². The molecule has 0 amide bonds. The zero-order valence-electron chi connectivity index (χ0n) is 8.31. The van der Waals surface area contributed by atoms with Gasteiger partial charge in [-0.15, -0.1) is 11.8 Å². The Bertz CT molecular complexity index is 146. The molecule has 0 aromatic rings. The summed E-state index contributed by atoms with van der Waals surface area (Å²) in [6.07, 6.45) is 4.37. The van der Waals surface area contributed by atoms with Gasteiger partial charge in [0.05, 0.1) is 0 Å². The summed E-state index contributed by atoms with van der Waals surface area (Å²) in [5.74, 6) is 7.18. The fourth-order valence-corrected chi connectivity index (χ4v) is 1.49. The topological polar surface area (TPSA) is 12.0 Å². The zero-order valence-corrected chi connectivity index (χ0v) is 9.13. The maximum atomic E-state index is 3.44. The normalized spacial score (nSPS) is 11.9. The van der Waals surface area contributed by atoms with E-state index in [4.69, 9.17) is 0 Å². The number of nitrogens with one attached hydrogen (secondary N) is 1. The van der Waals surface area contributed by atoms with Crippen LogP contribution in [-0.2, 0) is 0 Å². The Morgan fingerprint density at radius 2 is 2.25 bits per heavy atom. The predicted octanol–water partition coefficient (Wildman–Crippen LogP) is 2.13. The van der Waals surface area contributed by atoms with Gasteiger partial charge in [0, 0.05) is 19.0 Å². The van der Waals surface area contributed by atoms with Crippen LogP contribution in [0.25, 0.3) is 0 Å². The van der Waals surface area contributed by atoms with Crippen molar-refractivity contribution < 1.29 is 0 Å². The van der Waals surface area contributed by atoms with E-state index in [0.717, 1.165) is 13.0 Å². The van der Waals surface area contributed by atoms with Crippen LogP contribution in [0.2, 0.25) is 0 Å². The van der Waals surface area contributed by atoms with E-state index >= 15 is 0 Å². The molecule has 0 radical (unpaired) electrons. The number of rotatable bonds is 6. The van der Waals surface area contributed by atoms with Gasteiger partial charge in [0.1, 0.15) is 0 Å². The van der Waals surface area contributed by atoms with Crippen molar-refractivity contribution in [3.05, 3.63) is 0 Å². The highest BCUT2D eigenvalue weighted by atomic mass is 32.2. The molecule has 0 bridgehead atoms. The van der Waals surface area contributed by atoms with E-state index in [-0.39, 0.29) is 0 Å². The Hall–Kier alpha value is -0.130. The molecule has 0 fully saturated rings. The molecule has 1 nitrogen and oxygen atoms in total. The first-order chi connectivity index (χ1) is 5.81. The van der Waals surface area contributed by atoms with Crippen molar-refractivity contribution in [1.82, 2.24) is 5.32 Å². The van der Waals surface area contributed by atoms with Crippen molar-refractivity contribution in [2.24, 2.45) is 0 Å². The van der Waals surface area contributed by atoms with Gasteiger partial charge in [-0.1, -0.05) is 0 Å². The molecule has 12 heavy (non-hydrogen) atoms. The maximum absolute atomic E-state index is 3.44. The van der Waals surface area contributed by atoms with Crippen LogP contribution >= 0.6 is 11.8 Å². The molecule has 0 saturated heterocycles. The maximum Gasteiger partial charge on any atom is 0.0214 e. The number of hydrogen-bond donors (Lipinski definition) is 1. The smallest absolute Gasteiger partial charge is 0.0214 e. The third kappa shape index (κ3) is 7.97. The standard InChI is InChI=1S/C10H19NS/c1-4-5-6-8-11-10(2)7-9-12-3/h10-11H,6-9H2,1-3H3. The summed E-state index contributed by atoms with van der Waals surface area (Å²) >= 11 is 1.91. The second-order valence-corrected chi connectivity index (χ2v) is 3.80. The minimum absolute atomic E-state index is 0.635. The lowest BCUT2D eigenvalue weighted by atomic mass is 10.2. The molecule has 2 heteroatoms. The molecule has 0 aliphatic rings. The van der Waals surface area contributed by atoms with Crippen LogP contribution in [0.1, 0.15) is 26.7 Å². The summed E-state index contributed by atoms with van der Waals surface area (Å²) in [5, 5.41) is 3.44. The van der Waals surface area contributed by atoms with Gasteiger partial charge in [0.2, 0.25) is 0 Å². The van der Waals surface area contributed by atoms with Crippen molar-refractivity contribution in [3.63, 3.8) is 0 Å². The van der Waals surface area contributed by atoms with E-state index in [1.807, 2.05) is 18.7 Å². The van der Waals surface area contributed by atoms with E-state index in [0.29, 0.717) is 6.04 Å². The number of hydrogen-bond acceptors (Lipinski definition) is 2. The van der Waals surface area contributed by atoms with Crippen molar-refractivity contribution in [2.75, 3.05) is 18.6 Å². The van der Waals surface area contributed by atoms with E-state index in [2.05, 4.69) is 30.3 Å². The molecule has 0 aromatic carbocycles. The minimum atomic E-state index is 0.635. The van der Waals surface area contributed by atoms with Gasteiger partial charge in [-0.05, 0) is 32.3 Å². The number of thioether (sulfide) groups is 1. The van der Waals surface area contributed by atoms with Gasteiger partial charge in [-0.3, -0.25) is 0 Å². The van der Waals surface area contributed by atoms with Crippen LogP contribution in [0.4, 0.5) is 0 Å². The lowest BCUT2D eigenvalue weighted by molar-refractivity contribution is 0.546. The van der Waals surface area contributed by atoms with Crippen molar-refractivity contribution in [1.29, 1.82) is 0 Å². The van der Waals surface area contributed by atoms with E-state index in [9.17, 15) is 0 Å². The first-order valence-electron chi connectivity index (χ1n) is 4.43. The predicted molar refractivity (Wildman–Crippen MR) is 58.5 cm³/mol. The lowest BCUT2D eigenvalue weighted by Gasteiger charge is -2.11.